The Balaban J connectivity index is 0.000000184. The molecule has 2 fully saturated rings. The van der Waals surface area contributed by atoms with Crippen molar-refractivity contribution in [3.05, 3.63) is 133 Å². The number of esters is 1. The topological polar surface area (TPSA) is 167 Å². The lowest BCUT2D eigenvalue weighted by molar-refractivity contribution is -0.152. The lowest BCUT2D eigenvalue weighted by Crippen LogP contribution is -2.57. The Morgan fingerprint density at radius 3 is 1.59 bits per heavy atom. The number of hydrogen-bond donors (Lipinski definition) is 1. The van der Waals surface area contributed by atoms with Crippen molar-refractivity contribution in [1.29, 1.82) is 0 Å². The summed E-state index contributed by atoms with van der Waals surface area (Å²) in [7, 11) is 1.60. The van der Waals surface area contributed by atoms with E-state index in [2.05, 4.69) is 45.0 Å². The van der Waals surface area contributed by atoms with Crippen LogP contribution in [-0.4, -0.2) is 163 Å². The summed E-state index contributed by atoms with van der Waals surface area (Å²) in [6.45, 7) is 18.0. The summed E-state index contributed by atoms with van der Waals surface area (Å²) in [6, 6.07) is 26.4. The second-order valence-corrected chi connectivity index (χ2v) is 19.8. The molecule has 17 heteroatoms. The summed E-state index contributed by atoms with van der Waals surface area (Å²) < 4.78 is 37.0. The van der Waals surface area contributed by atoms with Gasteiger partial charge < -0.3 is 42.7 Å². The smallest absolute Gasteiger partial charge is 0.324 e. The van der Waals surface area contributed by atoms with E-state index in [1.54, 1.807) is 23.8 Å². The summed E-state index contributed by atoms with van der Waals surface area (Å²) in [5.74, 6) is 2.78. The van der Waals surface area contributed by atoms with E-state index in [-0.39, 0.29) is 23.1 Å². The molecule has 17 nitrogen and oxygen atoms in total. The zero-order chi connectivity index (χ0) is 52.6. The fourth-order valence-electron chi connectivity index (χ4n) is 10.7. The van der Waals surface area contributed by atoms with Crippen LogP contribution in [-0.2, 0) is 40.3 Å². The normalized spacial score (nSPS) is 18.1. The minimum absolute atomic E-state index is 0.00801. The number of aryl methyl sites for hydroxylation is 3. The van der Waals surface area contributed by atoms with E-state index in [1.165, 1.54) is 5.56 Å². The Bertz CT molecular complexity index is 3140. The molecule has 398 valence electrons. The number of fused-ring (bicyclic) bond motifs is 4. The molecular formula is C58H70N6O11. The molecule has 2 unspecified atom stereocenters. The number of carbonyl (C=O) groups excluding carboxylic acids is 1. The van der Waals surface area contributed by atoms with Crippen molar-refractivity contribution in [3.63, 3.8) is 0 Å². The first-order valence-corrected chi connectivity index (χ1v) is 26.2. The second kappa shape index (κ2) is 24.2. The van der Waals surface area contributed by atoms with Gasteiger partial charge in [0, 0.05) is 108 Å². The summed E-state index contributed by atoms with van der Waals surface area (Å²) >= 11 is 0. The van der Waals surface area contributed by atoms with Crippen LogP contribution in [0.2, 0.25) is 0 Å². The van der Waals surface area contributed by atoms with Crippen molar-refractivity contribution in [2.24, 2.45) is 0 Å². The van der Waals surface area contributed by atoms with Gasteiger partial charge in [0.1, 0.15) is 44.3 Å². The van der Waals surface area contributed by atoms with Crippen molar-refractivity contribution in [2.75, 3.05) is 106 Å². The number of piperazine rings is 2. The molecule has 2 atom stereocenters. The molecule has 2 saturated heterocycles. The van der Waals surface area contributed by atoms with Crippen LogP contribution in [0, 0.1) is 20.8 Å². The van der Waals surface area contributed by atoms with E-state index in [0.717, 1.165) is 113 Å². The van der Waals surface area contributed by atoms with Gasteiger partial charge in [0.15, 0.2) is 23.0 Å². The first-order chi connectivity index (χ1) is 36.3. The molecule has 0 radical (unpaired) electrons. The maximum atomic E-state index is 13.0. The Morgan fingerprint density at radius 2 is 1.07 bits per heavy atom. The van der Waals surface area contributed by atoms with Crippen LogP contribution in [0.5, 0.6) is 28.7 Å². The van der Waals surface area contributed by atoms with Gasteiger partial charge in [0.25, 0.3) is 11.1 Å². The Labute approximate surface area is 437 Å². The van der Waals surface area contributed by atoms with Crippen LogP contribution in [0.3, 0.4) is 0 Å². The second-order valence-electron chi connectivity index (χ2n) is 19.8. The Hall–Kier alpha value is -6.92. The highest BCUT2D eigenvalue weighted by molar-refractivity contribution is 5.84. The molecule has 6 aromatic rings. The number of ether oxygens (including phenoxy) is 6. The molecule has 0 saturated carbocycles. The lowest BCUT2D eigenvalue weighted by atomic mass is 10.1. The Kier molecular flexibility index (Phi) is 17.1. The zero-order valence-corrected chi connectivity index (χ0v) is 43.9. The predicted octanol–water partition coefficient (Wildman–Crippen LogP) is 5.58. The molecule has 75 heavy (non-hydrogen) atoms. The number of rotatable bonds is 16. The number of carboxylic acids is 1. The first kappa shape index (κ1) is 52.9. The zero-order valence-electron chi connectivity index (χ0n) is 43.9. The SMILES string of the molecule is CCOC(=O)C1CN(CCc2ccc3c(c2)OCCO3)CCN1CCn1c(=O)cc(C)c2ccc(C)cc21.COc1ccc2c(C)cc(=O)n(CCN3CCN(CCc4ccc5c(c4)OCCO5)CC3C(=O)O)c2c1. The molecule has 1 N–H and O–H groups in total. The van der Waals surface area contributed by atoms with Crippen molar-refractivity contribution < 1.29 is 43.1 Å². The van der Waals surface area contributed by atoms with Gasteiger partial charge in [-0.25, -0.2) is 0 Å². The van der Waals surface area contributed by atoms with E-state index in [0.29, 0.717) is 84.6 Å². The van der Waals surface area contributed by atoms with Crippen LogP contribution < -0.4 is 34.8 Å². The number of nitrogens with zero attached hydrogens (tertiary/aromatic N) is 6. The highest BCUT2D eigenvalue weighted by atomic mass is 16.6. The van der Waals surface area contributed by atoms with Gasteiger partial charge >= 0.3 is 11.9 Å². The van der Waals surface area contributed by atoms with Crippen LogP contribution in [0.15, 0.2) is 94.5 Å². The third-order valence-electron chi connectivity index (χ3n) is 14.9. The van der Waals surface area contributed by atoms with E-state index in [4.69, 9.17) is 28.4 Å². The molecule has 0 bridgehead atoms. The number of carbonyl (C=O) groups is 2. The van der Waals surface area contributed by atoms with Crippen LogP contribution in [0.1, 0.15) is 34.7 Å². The predicted molar refractivity (Wildman–Crippen MR) is 287 cm³/mol. The van der Waals surface area contributed by atoms with Crippen molar-refractivity contribution in [3.8, 4) is 28.7 Å². The average molecular weight is 1030 g/mol. The highest BCUT2D eigenvalue weighted by Gasteiger charge is 2.34. The summed E-state index contributed by atoms with van der Waals surface area (Å²) in [5.41, 5.74) is 6.98. The number of pyridine rings is 2. The molecular weight excluding hydrogens is 957 g/mol. The molecule has 0 spiro atoms. The van der Waals surface area contributed by atoms with Crippen molar-refractivity contribution in [1.82, 2.24) is 28.7 Å². The van der Waals surface area contributed by atoms with Crippen LogP contribution >= 0.6 is 0 Å². The van der Waals surface area contributed by atoms with Crippen LogP contribution in [0.4, 0.5) is 0 Å². The minimum Gasteiger partial charge on any atom is -0.497 e. The summed E-state index contributed by atoms with van der Waals surface area (Å²) in [4.78, 5) is 59.6. The van der Waals surface area contributed by atoms with Gasteiger partial charge in [0.05, 0.1) is 24.8 Å². The average Bonchev–Trinajstić information content (AvgIpc) is 3.42. The maximum Gasteiger partial charge on any atom is 0.324 e. The fraction of sp³-hybridized carbons (Fsp3) is 0.448. The maximum absolute atomic E-state index is 13.0. The number of methoxy groups -OCH3 is 1. The third kappa shape index (κ3) is 12.6. The molecule has 0 aliphatic carbocycles. The number of carboxylic acid groups (broad SMARTS) is 1. The molecule has 2 aromatic heterocycles. The Morgan fingerprint density at radius 1 is 0.573 bits per heavy atom. The van der Waals surface area contributed by atoms with Gasteiger partial charge in [-0.1, -0.05) is 24.3 Å². The van der Waals surface area contributed by atoms with Crippen molar-refractivity contribution >= 4 is 33.7 Å². The molecule has 6 heterocycles. The minimum atomic E-state index is -0.841. The van der Waals surface area contributed by atoms with Gasteiger partial charge in [-0.3, -0.25) is 38.8 Å². The number of benzene rings is 4. The molecule has 0 amide bonds. The highest BCUT2D eigenvalue weighted by Crippen LogP contribution is 2.32. The van der Waals surface area contributed by atoms with Crippen molar-refractivity contribution in [2.45, 2.75) is 65.7 Å². The van der Waals surface area contributed by atoms with E-state index in [9.17, 15) is 24.3 Å². The van der Waals surface area contributed by atoms with Gasteiger partial charge in [-0.15, -0.1) is 0 Å². The standard InChI is InChI=1S/C30H37N3O5.C28H33N3O6/c1-4-36-30(35)26-20-31(10-9-23-6-8-27-28(19-23)38-16-15-37-27)11-12-32(26)13-14-33-25-17-21(2)5-7-24(25)22(3)18-29(33)34;1-19-15-27(32)31(23-17-21(35-2)4-5-22(19)23)12-11-30-10-9-29(18-24(30)28(33)34)8-7-20-3-6-25-26(16-20)37-14-13-36-25/h5-8,17-19,26H,4,9-16,20H2,1-3H3;3-6,15-17,24H,7-14,18H2,1-2H3,(H,33,34). The van der Waals surface area contributed by atoms with Gasteiger partial charge in [0.2, 0.25) is 0 Å². The summed E-state index contributed by atoms with van der Waals surface area (Å²) in [6.07, 6.45) is 1.66. The number of hydrogen-bond acceptors (Lipinski definition) is 14. The monoisotopic (exact) mass is 1030 g/mol. The molecule has 4 aromatic carbocycles. The van der Waals surface area contributed by atoms with Gasteiger partial charge in [-0.2, -0.15) is 0 Å². The number of aliphatic carboxylic acids is 1. The first-order valence-electron chi connectivity index (χ1n) is 26.2. The lowest BCUT2D eigenvalue weighted by Gasteiger charge is -2.40. The van der Waals surface area contributed by atoms with E-state index < -0.39 is 12.0 Å². The fourth-order valence-corrected chi connectivity index (χ4v) is 10.7. The third-order valence-corrected chi connectivity index (χ3v) is 14.9. The van der Waals surface area contributed by atoms with E-state index in [1.807, 2.05) is 79.6 Å². The molecule has 10 rings (SSSR count). The van der Waals surface area contributed by atoms with Gasteiger partial charge in [-0.05, 0) is 111 Å². The van der Waals surface area contributed by atoms with E-state index >= 15 is 0 Å². The molecule has 4 aliphatic heterocycles. The van der Waals surface area contributed by atoms with Crippen LogP contribution in [0.25, 0.3) is 21.8 Å². The largest absolute Gasteiger partial charge is 0.497 e. The molecule has 4 aliphatic rings. The number of aromatic nitrogens is 2. The summed E-state index contributed by atoms with van der Waals surface area (Å²) in [5, 5.41) is 12.1. The quantitative estimate of drug-likeness (QED) is 0.119.